The molecule has 1 aromatic rings. The Bertz CT molecular complexity index is 223. The van der Waals surface area contributed by atoms with Crippen molar-refractivity contribution in [1.29, 1.82) is 0 Å². The van der Waals surface area contributed by atoms with Crippen molar-refractivity contribution in [2.45, 2.75) is 19.0 Å². The van der Waals surface area contributed by atoms with Gasteiger partial charge in [-0.2, -0.15) is 5.10 Å². The molecule has 5 heteroatoms. The first-order valence-electron chi connectivity index (χ1n) is 3.68. The van der Waals surface area contributed by atoms with Crippen LogP contribution in [0, 0.1) is 5.41 Å². The van der Waals surface area contributed by atoms with E-state index < -0.39 is 0 Å². The van der Waals surface area contributed by atoms with Gasteiger partial charge in [0.05, 0.1) is 0 Å². The zero-order valence-corrected chi connectivity index (χ0v) is 9.57. The fourth-order valence-corrected chi connectivity index (χ4v) is 1.90. The summed E-state index contributed by atoms with van der Waals surface area (Å²) in [6.45, 7) is 4.43. The van der Waals surface area contributed by atoms with Gasteiger partial charge >= 0.3 is 0 Å². The largest absolute Gasteiger partial charge is 0.254 e. The third-order valence-corrected chi connectivity index (χ3v) is 4.27. The molecule has 0 saturated carbocycles. The minimum absolute atomic E-state index is 0.303. The molecule has 0 saturated heterocycles. The summed E-state index contributed by atoms with van der Waals surface area (Å²) in [7, 11) is 0. The Morgan fingerprint density at radius 3 is 2.92 bits per heavy atom. The molecule has 0 amide bonds. The normalized spacial score (nSPS) is 11.9. The highest BCUT2D eigenvalue weighted by Gasteiger charge is 2.16. The van der Waals surface area contributed by atoms with Crippen molar-refractivity contribution in [2.24, 2.45) is 5.41 Å². The molecule has 0 aliphatic heterocycles. The van der Waals surface area contributed by atoms with Gasteiger partial charge in [0.25, 0.3) is 0 Å². The van der Waals surface area contributed by atoms with Gasteiger partial charge in [-0.25, -0.2) is 4.98 Å². The molecule has 12 heavy (non-hydrogen) atoms. The molecule has 0 unspecified atom stereocenters. The van der Waals surface area contributed by atoms with Crippen LogP contribution >= 0.6 is 27.7 Å². The molecule has 1 N–H and O–H groups in total. The number of hydrogen-bond acceptors (Lipinski definition) is 3. The van der Waals surface area contributed by atoms with Crippen LogP contribution in [-0.2, 0) is 0 Å². The number of aromatic amines is 1. The van der Waals surface area contributed by atoms with Crippen molar-refractivity contribution >= 4 is 27.7 Å². The van der Waals surface area contributed by atoms with Gasteiger partial charge in [-0.15, -0.1) is 0 Å². The Morgan fingerprint density at radius 2 is 2.42 bits per heavy atom. The first kappa shape index (κ1) is 10.1. The van der Waals surface area contributed by atoms with E-state index in [1.165, 1.54) is 6.33 Å². The first-order valence-corrected chi connectivity index (χ1v) is 5.79. The van der Waals surface area contributed by atoms with E-state index in [9.17, 15) is 0 Å². The number of nitrogens with zero attached hydrogens (tertiary/aromatic N) is 2. The molecule has 1 aromatic heterocycles. The van der Waals surface area contributed by atoms with Crippen LogP contribution in [0.3, 0.4) is 0 Å². The molecule has 0 atom stereocenters. The molecule has 0 aromatic carbocycles. The fourth-order valence-electron chi connectivity index (χ4n) is 0.566. The van der Waals surface area contributed by atoms with Crippen molar-refractivity contribution in [2.75, 3.05) is 11.1 Å². The van der Waals surface area contributed by atoms with Crippen LogP contribution in [-0.4, -0.2) is 26.3 Å². The van der Waals surface area contributed by atoms with Crippen LogP contribution < -0.4 is 0 Å². The Hall–Kier alpha value is -0.0300. The lowest BCUT2D eigenvalue weighted by molar-refractivity contribution is 0.496. The maximum Gasteiger partial charge on any atom is 0.183 e. The van der Waals surface area contributed by atoms with Crippen molar-refractivity contribution in [3.8, 4) is 0 Å². The Balaban J connectivity index is 2.36. The molecule has 68 valence electrons. The highest BCUT2D eigenvalue weighted by molar-refractivity contribution is 9.09. The van der Waals surface area contributed by atoms with Gasteiger partial charge in [0, 0.05) is 11.1 Å². The number of hydrogen-bond donors (Lipinski definition) is 1. The van der Waals surface area contributed by atoms with E-state index in [-0.39, 0.29) is 0 Å². The summed E-state index contributed by atoms with van der Waals surface area (Å²) < 4.78 is 0. The minimum atomic E-state index is 0.303. The highest BCUT2D eigenvalue weighted by atomic mass is 79.9. The molecule has 0 spiro atoms. The van der Waals surface area contributed by atoms with Gasteiger partial charge in [-0.05, 0) is 5.41 Å². The first-order chi connectivity index (χ1) is 5.64. The third-order valence-electron chi connectivity index (χ3n) is 1.35. The number of rotatable bonds is 4. The van der Waals surface area contributed by atoms with Crippen LogP contribution in [0.4, 0.5) is 0 Å². The predicted molar refractivity (Wildman–Crippen MR) is 54.7 cm³/mol. The van der Waals surface area contributed by atoms with Gasteiger partial charge in [0.1, 0.15) is 6.33 Å². The van der Waals surface area contributed by atoms with Crippen LogP contribution in [0.2, 0.25) is 0 Å². The van der Waals surface area contributed by atoms with Gasteiger partial charge in [0.15, 0.2) is 5.16 Å². The second kappa shape index (κ2) is 4.28. The molecule has 0 aliphatic carbocycles. The lowest BCUT2D eigenvalue weighted by Crippen LogP contribution is -2.16. The number of nitrogens with one attached hydrogen (secondary N) is 1. The van der Waals surface area contributed by atoms with E-state index >= 15 is 0 Å². The molecular formula is C7H12BrN3S. The highest BCUT2D eigenvalue weighted by Crippen LogP contribution is 2.26. The molecule has 0 bridgehead atoms. The summed E-state index contributed by atoms with van der Waals surface area (Å²) in [5.74, 6) is 1.04. The van der Waals surface area contributed by atoms with E-state index in [1.807, 2.05) is 0 Å². The second-order valence-electron chi connectivity index (χ2n) is 3.38. The maximum atomic E-state index is 4.03. The fraction of sp³-hybridized carbons (Fsp3) is 0.714. The second-order valence-corrected chi connectivity index (χ2v) is 4.90. The number of thioether (sulfide) groups is 1. The average Bonchev–Trinajstić information content (AvgIpc) is 2.53. The number of H-pyrrole nitrogens is 1. The van der Waals surface area contributed by atoms with Crippen molar-refractivity contribution in [3.63, 3.8) is 0 Å². The molecule has 0 radical (unpaired) electrons. The summed E-state index contributed by atoms with van der Waals surface area (Å²) in [5, 5.41) is 8.49. The topological polar surface area (TPSA) is 41.6 Å². The van der Waals surface area contributed by atoms with Crippen LogP contribution in [0.1, 0.15) is 13.8 Å². The summed E-state index contributed by atoms with van der Waals surface area (Å²) in [6, 6.07) is 0. The SMILES string of the molecule is CC(C)(CBr)CSc1ncn[nH]1. The zero-order chi connectivity index (χ0) is 9.03. The van der Waals surface area contributed by atoms with Crippen LogP contribution in [0.15, 0.2) is 11.5 Å². The maximum absolute atomic E-state index is 4.03. The summed E-state index contributed by atoms with van der Waals surface area (Å²) in [5.41, 5.74) is 0.303. The molecule has 0 fully saturated rings. The number of aromatic nitrogens is 3. The van der Waals surface area contributed by atoms with Gasteiger partial charge in [-0.1, -0.05) is 41.5 Å². The standard InChI is InChI=1S/C7H12BrN3S/c1-7(2,3-8)4-12-6-9-5-10-11-6/h5H,3-4H2,1-2H3,(H,9,10,11). The summed E-state index contributed by atoms with van der Waals surface area (Å²) in [6.07, 6.45) is 1.53. The van der Waals surface area contributed by atoms with Gasteiger partial charge in [0.2, 0.25) is 0 Å². The van der Waals surface area contributed by atoms with E-state index in [1.54, 1.807) is 11.8 Å². The van der Waals surface area contributed by atoms with Crippen LogP contribution in [0.5, 0.6) is 0 Å². The summed E-state index contributed by atoms with van der Waals surface area (Å²) >= 11 is 5.18. The van der Waals surface area contributed by atoms with Gasteiger partial charge in [-0.3, -0.25) is 5.10 Å². The number of halogens is 1. The third kappa shape index (κ3) is 3.15. The molecule has 1 rings (SSSR count). The molecular weight excluding hydrogens is 238 g/mol. The monoisotopic (exact) mass is 249 g/mol. The van der Waals surface area contributed by atoms with E-state index in [2.05, 4.69) is 45.0 Å². The summed E-state index contributed by atoms with van der Waals surface area (Å²) in [4.78, 5) is 4.03. The Morgan fingerprint density at radius 1 is 1.67 bits per heavy atom. The Labute approximate surface area is 84.9 Å². The quantitative estimate of drug-likeness (QED) is 0.658. The van der Waals surface area contributed by atoms with E-state index in [0.717, 1.165) is 16.2 Å². The number of alkyl halides is 1. The molecule has 3 nitrogen and oxygen atoms in total. The molecule has 0 aliphatic rings. The van der Waals surface area contributed by atoms with Gasteiger partial charge < -0.3 is 0 Å². The average molecular weight is 250 g/mol. The zero-order valence-electron chi connectivity index (χ0n) is 7.17. The van der Waals surface area contributed by atoms with Crippen molar-refractivity contribution in [1.82, 2.24) is 15.2 Å². The lowest BCUT2D eigenvalue weighted by Gasteiger charge is -2.19. The molecule has 1 heterocycles. The lowest BCUT2D eigenvalue weighted by atomic mass is 10.0. The minimum Gasteiger partial charge on any atom is -0.254 e. The van der Waals surface area contributed by atoms with E-state index in [4.69, 9.17) is 0 Å². The van der Waals surface area contributed by atoms with Crippen LogP contribution in [0.25, 0.3) is 0 Å². The Kier molecular flexibility index (Phi) is 3.58. The van der Waals surface area contributed by atoms with Crippen molar-refractivity contribution < 1.29 is 0 Å². The smallest absolute Gasteiger partial charge is 0.183 e. The predicted octanol–water partition coefficient (Wildman–Crippen LogP) is 2.32. The van der Waals surface area contributed by atoms with E-state index in [0.29, 0.717) is 5.41 Å². The van der Waals surface area contributed by atoms with Crippen molar-refractivity contribution in [3.05, 3.63) is 6.33 Å².